The number of anilines is 2. The van der Waals surface area contributed by atoms with Crippen LogP contribution in [-0.4, -0.2) is 17.6 Å². The van der Waals surface area contributed by atoms with Crippen LogP contribution in [0, 0.1) is 23.7 Å². The molecule has 7 heteroatoms. The molecule has 3 rings (SSSR count). The number of nitrogens with one attached hydrogen (secondary N) is 2. The Morgan fingerprint density at radius 3 is 2.45 bits per heavy atom. The molecule has 0 aliphatic heterocycles. The van der Waals surface area contributed by atoms with Crippen LogP contribution in [-0.2, 0) is 9.59 Å². The number of hydrogen-bond donors (Lipinski definition) is 2. The molecule has 3 aromatic rings. The second-order valence-electron chi connectivity index (χ2n) is 8.98. The maximum Gasteiger partial charge on any atom is 0.235 e. The summed E-state index contributed by atoms with van der Waals surface area (Å²) in [6, 6.07) is 17.6. The van der Waals surface area contributed by atoms with Gasteiger partial charge in [0.15, 0.2) is 0 Å². The van der Waals surface area contributed by atoms with Crippen LogP contribution in [0.15, 0.2) is 58.8 Å². The zero-order chi connectivity index (χ0) is 24.0. The number of amides is 2. The fraction of sp³-hybridized carbons (Fsp3) is 0.269. The molecule has 0 unspecified atom stereocenters. The van der Waals surface area contributed by atoms with Crippen molar-refractivity contribution in [2.45, 2.75) is 39.0 Å². The van der Waals surface area contributed by atoms with E-state index in [9.17, 15) is 14.9 Å². The Labute approximate surface area is 203 Å². The lowest BCUT2D eigenvalue weighted by Gasteiger charge is -2.17. The molecule has 0 saturated heterocycles. The smallest absolute Gasteiger partial charge is 0.235 e. The predicted octanol–water partition coefficient (Wildman–Crippen LogP) is 6.70. The zero-order valence-electron chi connectivity index (χ0n) is 19.2. The molecule has 2 N–H and O–H groups in total. The van der Waals surface area contributed by atoms with Gasteiger partial charge in [-0.2, -0.15) is 5.26 Å². The summed E-state index contributed by atoms with van der Waals surface area (Å²) in [6.45, 7) is 8.08. The number of nitriles is 1. The minimum Gasteiger partial charge on any atom is -0.326 e. The van der Waals surface area contributed by atoms with Crippen molar-refractivity contribution in [2.75, 3.05) is 16.4 Å². The average molecular weight is 478 g/mol. The van der Waals surface area contributed by atoms with Crippen molar-refractivity contribution in [1.29, 1.82) is 5.26 Å². The first-order chi connectivity index (χ1) is 15.6. The molecule has 5 nitrogen and oxygen atoms in total. The quantitative estimate of drug-likeness (QED) is 0.371. The van der Waals surface area contributed by atoms with Gasteiger partial charge < -0.3 is 10.6 Å². The summed E-state index contributed by atoms with van der Waals surface area (Å²) < 4.78 is 0. The largest absolute Gasteiger partial charge is 0.326 e. The van der Waals surface area contributed by atoms with E-state index in [1.54, 1.807) is 0 Å². The molecule has 2 amide bonds. The normalized spacial score (nSPS) is 11.0. The van der Waals surface area contributed by atoms with Crippen LogP contribution in [0.1, 0.15) is 38.3 Å². The number of hydrogen-bond acceptors (Lipinski definition) is 5. The molecule has 1 heterocycles. The number of nitrogens with zero attached hydrogens (tertiary/aromatic N) is 1. The van der Waals surface area contributed by atoms with Crippen LogP contribution in [0.3, 0.4) is 0 Å². The highest BCUT2D eigenvalue weighted by molar-refractivity contribution is 8.00. The molecule has 0 atom stereocenters. The van der Waals surface area contributed by atoms with Crippen molar-refractivity contribution >= 4 is 45.6 Å². The lowest BCUT2D eigenvalue weighted by atomic mass is 9.92. The third-order valence-electron chi connectivity index (χ3n) is 4.70. The van der Waals surface area contributed by atoms with Gasteiger partial charge in [-0.1, -0.05) is 56.7 Å². The standard InChI is InChI=1S/C26H27N3O2S2/c1-17-8-10-18(11-9-17)22-15-33-25(21(22)14-27)29-24(31)16-32-20-7-5-6-19(12-20)28-23(30)13-26(2,3)4/h5-12,15H,13,16H2,1-4H3,(H,28,30)(H,29,31). The van der Waals surface area contributed by atoms with Crippen molar-refractivity contribution in [3.63, 3.8) is 0 Å². The number of carbonyl (C=O) groups excluding carboxylic acids is 2. The van der Waals surface area contributed by atoms with Crippen molar-refractivity contribution in [3.05, 3.63) is 65.0 Å². The summed E-state index contributed by atoms with van der Waals surface area (Å²) in [4.78, 5) is 25.6. The molecule has 0 radical (unpaired) electrons. The van der Waals surface area contributed by atoms with E-state index < -0.39 is 0 Å². The molecule has 0 aliphatic rings. The summed E-state index contributed by atoms with van der Waals surface area (Å²) in [7, 11) is 0. The van der Waals surface area contributed by atoms with Gasteiger partial charge in [0.25, 0.3) is 0 Å². The molecule has 170 valence electrons. The Kier molecular flexibility index (Phi) is 7.96. The van der Waals surface area contributed by atoms with E-state index in [0.29, 0.717) is 22.7 Å². The molecule has 0 aliphatic carbocycles. The van der Waals surface area contributed by atoms with Crippen LogP contribution in [0.25, 0.3) is 11.1 Å². The molecular formula is C26H27N3O2S2. The highest BCUT2D eigenvalue weighted by Gasteiger charge is 2.17. The van der Waals surface area contributed by atoms with Crippen molar-refractivity contribution < 1.29 is 9.59 Å². The molecule has 0 bridgehead atoms. The topological polar surface area (TPSA) is 82.0 Å². The Morgan fingerprint density at radius 1 is 1.06 bits per heavy atom. The maximum absolute atomic E-state index is 12.6. The van der Waals surface area contributed by atoms with Crippen LogP contribution in [0.4, 0.5) is 10.7 Å². The van der Waals surface area contributed by atoms with Crippen molar-refractivity contribution in [3.8, 4) is 17.2 Å². The molecule has 0 saturated carbocycles. The average Bonchev–Trinajstić information content (AvgIpc) is 3.14. The Balaban J connectivity index is 1.61. The summed E-state index contributed by atoms with van der Waals surface area (Å²) in [5, 5.41) is 17.9. The third kappa shape index (κ3) is 7.21. The molecule has 1 aromatic heterocycles. The maximum atomic E-state index is 12.6. The Bertz CT molecular complexity index is 1190. The van der Waals surface area contributed by atoms with Crippen LogP contribution in [0.5, 0.6) is 0 Å². The van der Waals surface area contributed by atoms with Gasteiger partial charge in [-0.05, 0) is 36.1 Å². The van der Waals surface area contributed by atoms with Gasteiger partial charge in [-0.25, -0.2) is 0 Å². The van der Waals surface area contributed by atoms with E-state index in [2.05, 4.69) is 16.7 Å². The van der Waals surface area contributed by atoms with E-state index >= 15 is 0 Å². The number of benzene rings is 2. The minimum absolute atomic E-state index is 0.0338. The van der Waals surface area contributed by atoms with Crippen LogP contribution < -0.4 is 10.6 Å². The second-order valence-corrected chi connectivity index (χ2v) is 10.9. The van der Waals surface area contributed by atoms with Gasteiger partial charge in [0.1, 0.15) is 11.1 Å². The number of thiophene rings is 1. The zero-order valence-corrected chi connectivity index (χ0v) is 20.8. The van der Waals surface area contributed by atoms with Crippen LogP contribution in [0.2, 0.25) is 0 Å². The number of aryl methyl sites for hydroxylation is 1. The molecule has 0 spiro atoms. The lowest BCUT2D eigenvalue weighted by Crippen LogP contribution is -2.19. The molecule has 2 aromatic carbocycles. The first kappa shape index (κ1) is 24.6. The fourth-order valence-corrected chi connectivity index (χ4v) is 4.86. The second kappa shape index (κ2) is 10.7. The fourth-order valence-electron chi connectivity index (χ4n) is 3.17. The third-order valence-corrected chi connectivity index (χ3v) is 6.59. The number of thioether (sulfide) groups is 1. The van der Waals surface area contributed by atoms with E-state index in [1.807, 2.05) is 81.6 Å². The monoisotopic (exact) mass is 477 g/mol. The molecular weight excluding hydrogens is 450 g/mol. The van der Waals surface area contributed by atoms with Crippen molar-refractivity contribution in [1.82, 2.24) is 0 Å². The Hall–Kier alpha value is -3.08. The Morgan fingerprint density at radius 2 is 1.79 bits per heavy atom. The summed E-state index contributed by atoms with van der Waals surface area (Å²) >= 11 is 2.73. The van der Waals surface area contributed by atoms with Gasteiger partial charge in [-0.3, -0.25) is 9.59 Å². The van der Waals surface area contributed by atoms with Gasteiger partial charge in [0.2, 0.25) is 11.8 Å². The number of rotatable bonds is 7. The summed E-state index contributed by atoms with van der Waals surface area (Å²) in [6.07, 6.45) is 0.430. The lowest BCUT2D eigenvalue weighted by molar-refractivity contribution is -0.118. The first-order valence-corrected chi connectivity index (χ1v) is 12.4. The first-order valence-electron chi connectivity index (χ1n) is 10.6. The van der Waals surface area contributed by atoms with Gasteiger partial charge in [0, 0.05) is 27.9 Å². The van der Waals surface area contributed by atoms with Crippen LogP contribution >= 0.6 is 23.1 Å². The highest BCUT2D eigenvalue weighted by atomic mass is 32.2. The van der Waals surface area contributed by atoms with Crippen molar-refractivity contribution in [2.24, 2.45) is 5.41 Å². The van der Waals surface area contributed by atoms with Gasteiger partial charge >= 0.3 is 0 Å². The van der Waals surface area contributed by atoms with Gasteiger partial charge in [-0.15, -0.1) is 23.1 Å². The predicted molar refractivity (Wildman–Crippen MR) is 138 cm³/mol. The van der Waals surface area contributed by atoms with Gasteiger partial charge in [0.05, 0.1) is 11.3 Å². The SMILES string of the molecule is Cc1ccc(-c2csc(NC(=O)CSc3cccc(NC(=O)CC(C)(C)C)c3)c2C#N)cc1. The van der Waals surface area contributed by atoms with E-state index in [1.165, 1.54) is 23.1 Å². The highest BCUT2D eigenvalue weighted by Crippen LogP contribution is 2.35. The molecule has 33 heavy (non-hydrogen) atoms. The molecule has 0 fully saturated rings. The van der Waals surface area contributed by atoms with E-state index in [0.717, 1.165) is 21.6 Å². The summed E-state index contributed by atoms with van der Waals surface area (Å²) in [5.41, 5.74) is 4.03. The summed E-state index contributed by atoms with van der Waals surface area (Å²) in [5.74, 6) is -0.0216. The number of carbonyl (C=O) groups is 2. The van der Waals surface area contributed by atoms with E-state index in [-0.39, 0.29) is 23.0 Å². The minimum atomic E-state index is -0.184. The van der Waals surface area contributed by atoms with E-state index in [4.69, 9.17) is 0 Å².